The Morgan fingerprint density at radius 3 is 2.80 bits per heavy atom. The molecule has 0 aliphatic carbocycles. The molecule has 2 rings (SSSR count). The van der Waals surface area contributed by atoms with Crippen molar-refractivity contribution in [2.24, 2.45) is 0 Å². The van der Waals surface area contributed by atoms with Gasteiger partial charge in [-0.1, -0.05) is 11.6 Å². The zero-order valence-corrected chi connectivity index (χ0v) is 10.0. The van der Waals surface area contributed by atoms with E-state index < -0.39 is 0 Å². The number of nitrogens with one attached hydrogen (secondary N) is 2. The fourth-order valence-corrected chi connectivity index (χ4v) is 2.55. The highest BCUT2D eigenvalue weighted by Gasteiger charge is 2.02. The second-order valence-corrected chi connectivity index (χ2v) is 5.15. The molecule has 4 nitrogen and oxygen atoms in total. The van der Waals surface area contributed by atoms with Gasteiger partial charge in [0.15, 0.2) is 4.77 Å². The van der Waals surface area contributed by atoms with E-state index in [9.17, 15) is 4.79 Å². The third-order valence-electron chi connectivity index (χ3n) is 1.98. The van der Waals surface area contributed by atoms with Crippen molar-refractivity contribution in [3.05, 3.63) is 36.6 Å². The van der Waals surface area contributed by atoms with Crippen LogP contribution in [0, 0.1) is 4.77 Å². The van der Waals surface area contributed by atoms with Gasteiger partial charge in [0, 0.05) is 17.8 Å². The van der Waals surface area contributed by atoms with E-state index in [4.69, 9.17) is 23.8 Å². The Labute approximate surface area is 99.5 Å². The van der Waals surface area contributed by atoms with Crippen LogP contribution < -0.4 is 5.69 Å². The van der Waals surface area contributed by atoms with E-state index in [0.717, 1.165) is 15.6 Å². The van der Waals surface area contributed by atoms with Crippen molar-refractivity contribution in [2.75, 3.05) is 0 Å². The second kappa shape index (κ2) is 4.34. The molecule has 0 saturated carbocycles. The number of aromatic amines is 2. The number of H-pyrrole nitrogens is 2. The summed E-state index contributed by atoms with van der Waals surface area (Å²) in [5.41, 5.74) is -0.206. The Morgan fingerprint density at radius 2 is 2.27 bits per heavy atom. The Hall–Kier alpha value is -0.850. The fraction of sp³-hybridized carbons (Fsp3) is 0.250. The molecule has 0 atom stereocenters. The van der Waals surface area contributed by atoms with Crippen molar-refractivity contribution in [3.63, 3.8) is 0 Å². The smallest absolute Gasteiger partial charge is 0.272 e. The van der Waals surface area contributed by atoms with Gasteiger partial charge in [-0.25, -0.2) is 9.89 Å². The summed E-state index contributed by atoms with van der Waals surface area (Å²) in [6.45, 7) is 0.564. The molecule has 0 amide bonds. The van der Waals surface area contributed by atoms with E-state index in [1.54, 1.807) is 0 Å². The van der Waals surface area contributed by atoms with Crippen LogP contribution in [0.15, 0.2) is 16.9 Å². The molecule has 2 aromatic rings. The minimum Gasteiger partial charge on any atom is -0.272 e. The summed E-state index contributed by atoms with van der Waals surface area (Å²) in [5, 5.41) is 5.03. The molecule has 7 heteroatoms. The molecule has 0 saturated heterocycles. The van der Waals surface area contributed by atoms with Crippen LogP contribution in [0.2, 0.25) is 4.34 Å². The Kier molecular flexibility index (Phi) is 3.08. The highest BCUT2D eigenvalue weighted by Crippen LogP contribution is 2.21. The number of aryl methyl sites for hydroxylation is 1. The quantitative estimate of drug-likeness (QED) is 0.833. The minimum absolute atomic E-state index is 0.206. The molecule has 0 bridgehead atoms. The first kappa shape index (κ1) is 10.7. The zero-order valence-electron chi connectivity index (χ0n) is 7.62. The van der Waals surface area contributed by atoms with Gasteiger partial charge in [0.1, 0.15) is 0 Å². The SMILES string of the molecule is O=c1[nH][nH]c(=S)n1CCc1ccc(Cl)s1. The maximum atomic E-state index is 11.3. The number of rotatable bonds is 3. The molecule has 0 aliphatic heterocycles. The Bertz CT molecular complexity index is 537. The van der Waals surface area contributed by atoms with Gasteiger partial charge in [0.2, 0.25) is 0 Å². The van der Waals surface area contributed by atoms with Crippen molar-refractivity contribution in [1.82, 2.24) is 14.8 Å². The highest BCUT2D eigenvalue weighted by atomic mass is 35.5. The Morgan fingerprint density at radius 1 is 1.47 bits per heavy atom. The maximum absolute atomic E-state index is 11.3. The molecular weight excluding hydrogens is 254 g/mol. The zero-order chi connectivity index (χ0) is 10.8. The van der Waals surface area contributed by atoms with Crippen LogP contribution >= 0.6 is 35.2 Å². The molecule has 2 aromatic heterocycles. The second-order valence-electron chi connectivity index (χ2n) is 2.97. The van der Waals surface area contributed by atoms with Crippen molar-refractivity contribution in [1.29, 1.82) is 0 Å². The predicted octanol–water partition coefficient (Wildman–Crippen LogP) is 2.19. The summed E-state index contributed by atoms with van der Waals surface area (Å²) in [6, 6.07) is 3.81. The molecule has 0 aromatic carbocycles. The van der Waals surface area contributed by atoms with Crippen LogP contribution in [0.5, 0.6) is 0 Å². The van der Waals surface area contributed by atoms with Crippen molar-refractivity contribution >= 4 is 35.2 Å². The van der Waals surface area contributed by atoms with Gasteiger partial charge in [-0.2, -0.15) is 0 Å². The van der Waals surface area contributed by atoms with Crippen molar-refractivity contribution < 1.29 is 0 Å². The van der Waals surface area contributed by atoms with Crippen LogP contribution in [0.1, 0.15) is 4.88 Å². The predicted molar refractivity (Wildman–Crippen MR) is 63.3 cm³/mol. The number of hydrogen-bond donors (Lipinski definition) is 2. The molecule has 2 N–H and O–H groups in total. The topological polar surface area (TPSA) is 53.6 Å². The number of thiophene rings is 1. The van der Waals surface area contributed by atoms with E-state index in [1.165, 1.54) is 15.9 Å². The standard InChI is InChI=1S/C8H8ClN3OS2/c9-6-2-1-5(15-6)3-4-12-7(13)10-11-8(12)14/h1-2H,3-4H2,(H,10,13)(H,11,14). The average molecular weight is 262 g/mol. The lowest BCUT2D eigenvalue weighted by molar-refractivity contribution is 0.668. The summed E-state index contributed by atoms with van der Waals surface area (Å²) in [4.78, 5) is 12.4. The number of aromatic nitrogens is 3. The van der Waals surface area contributed by atoms with Crippen LogP contribution in [-0.2, 0) is 13.0 Å². The first-order valence-corrected chi connectivity index (χ1v) is 5.89. The van der Waals surface area contributed by atoms with Crippen LogP contribution in [0.3, 0.4) is 0 Å². The van der Waals surface area contributed by atoms with Crippen molar-refractivity contribution in [3.8, 4) is 0 Å². The summed E-state index contributed by atoms with van der Waals surface area (Å²) < 4.78 is 2.67. The number of halogens is 1. The summed E-state index contributed by atoms with van der Waals surface area (Å²) in [7, 11) is 0. The van der Waals surface area contributed by atoms with E-state index in [2.05, 4.69) is 10.2 Å². The van der Waals surface area contributed by atoms with Crippen LogP contribution in [-0.4, -0.2) is 14.8 Å². The highest BCUT2D eigenvalue weighted by molar-refractivity contribution is 7.71. The summed E-state index contributed by atoms with van der Waals surface area (Å²) >= 11 is 12.3. The van der Waals surface area contributed by atoms with Crippen molar-refractivity contribution in [2.45, 2.75) is 13.0 Å². The average Bonchev–Trinajstić information content (AvgIpc) is 2.73. The van der Waals surface area contributed by atoms with E-state index in [0.29, 0.717) is 11.3 Å². The minimum atomic E-state index is -0.206. The lowest BCUT2D eigenvalue weighted by atomic mass is 10.3. The van der Waals surface area contributed by atoms with Crippen LogP contribution in [0.4, 0.5) is 0 Å². The van der Waals surface area contributed by atoms with Gasteiger partial charge in [-0.3, -0.25) is 9.67 Å². The van der Waals surface area contributed by atoms with Gasteiger partial charge in [0.25, 0.3) is 0 Å². The van der Waals surface area contributed by atoms with E-state index in [1.807, 2.05) is 12.1 Å². The third kappa shape index (κ3) is 2.39. The normalized spacial score (nSPS) is 10.7. The van der Waals surface area contributed by atoms with Gasteiger partial charge >= 0.3 is 5.69 Å². The molecule has 80 valence electrons. The van der Waals surface area contributed by atoms with Gasteiger partial charge in [-0.15, -0.1) is 11.3 Å². The molecule has 0 radical (unpaired) electrons. The Balaban J connectivity index is 2.11. The molecule has 0 aliphatic rings. The van der Waals surface area contributed by atoms with Gasteiger partial charge < -0.3 is 0 Å². The van der Waals surface area contributed by atoms with Gasteiger partial charge in [-0.05, 0) is 24.4 Å². The molecular formula is C8H8ClN3OS2. The molecule has 0 fully saturated rings. The number of nitrogens with zero attached hydrogens (tertiary/aromatic N) is 1. The fourth-order valence-electron chi connectivity index (χ4n) is 1.25. The van der Waals surface area contributed by atoms with Crippen LogP contribution in [0.25, 0.3) is 0 Å². The number of hydrogen-bond acceptors (Lipinski definition) is 3. The molecule has 15 heavy (non-hydrogen) atoms. The first-order valence-electron chi connectivity index (χ1n) is 4.28. The summed E-state index contributed by atoms with van der Waals surface area (Å²) in [6.07, 6.45) is 0.757. The van der Waals surface area contributed by atoms with Gasteiger partial charge in [0.05, 0.1) is 4.34 Å². The van der Waals surface area contributed by atoms with E-state index in [-0.39, 0.29) is 5.69 Å². The largest absolute Gasteiger partial charge is 0.342 e. The maximum Gasteiger partial charge on any atom is 0.342 e. The van der Waals surface area contributed by atoms with E-state index >= 15 is 0 Å². The third-order valence-corrected chi connectivity index (χ3v) is 3.59. The lowest BCUT2D eigenvalue weighted by Crippen LogP contribution is -2.17. The monoisotopic (exact) mass is 261 g/mol. The molecule has 0 spiro atoms. The lowest BCUT2D eigenvalue weighted by Gasteiger charge is -1.97. The molecule has 2 heterocycles. The first-order chi connectivity index (χ1) is 7.16. The molecule has 0 unspecified atom stereocenters. The summed E-state index contributed by atoms with van der Waals surface area (Å²) in [5.74, 6) is 0.